The monoisotopic (exact) mass is 242 g/mol. The Morgan fingerprint density at radius 2 is 1.94 bits per heavy atom. The van der Waals surface area contributed by atoms with Gasteiger partial charge in [-0.05, 0) is 32.0 Å². The van der Waals surface area contributed by atoms with E-state index in [1.807, 2.05) is 36.0 Å². The molecular weight excluding hydrogens is 224 g/mol. The van der Waals surface area contributed by atoms with Crippen LogP contribution in [0.4, 0.5) is 0 Å². The lowest BCUT2D eigenvalue weighted by Crippen LogP contribution is -2.26. The Balaban J connectivity index is 1.91. The molecule has 2 aromatic rings. The fourth-order valence-corrected chi connectivity index (χ4v) is 2.79. The van der Waals surface area contributed by atoms with Gasteiger partial charge in [0.2, 0.25) is 0 Å². The van der Waals surface area contributed by atoms with Gasteiger partial charge in [0.05, 0.1) is 6.54 Å². The maximum absolute atomic E-state index is 12.4. The molecule has 0 atom stereocenters. The van der Waals surface area contributed by atoms with Crippen LogP contribution in [0.2, 0.25) is 0 Å². The van der Waals surface area contributed by atoms with E-state index in [4.69, 9.17) is 0 Å². The van der Waals surface area contributed by atoms with Crippen molar-refractivity contribution in [3.8, 4) is 0 Å². The van der Waals surface area contributed by atoms with Crippen molar-refractivity contribution in [1.29, 1.82) is 0 Å². The van der Waals surface area contributed by atoms with Crippen molar-refractivity contribution in [3.63, 3.8) is 0 Å². The first-order chi connectivity index (χ1) is 8.75. The average molecular weight is 242 g/mol. The molecule has 1 aromatic heterocycles. The summed E-state index contributed by atoms with van der Waals surface area (Å²) in [7, 11) is 2.00. The van der Waals surface area contributed by atoms with Crippen molar-refractivity contribution in [2.75, 3.05) is 19.6 Å². The van der Waals surface area contributed by atoms with Crippen LogP contribution < -0.4 is 0 Å². The van der Waals surface area contributed by atoms with E-state index in [1.165, 1.54) is 12.8 Å². The zero-order valence-corrected chi connectivity index (χ0v) is 10.7. The Morgan fingerprint density at radius 1 is 1.22 bits per heavy atom. The summed E-state index contributed by atoms with van der Waals surface area (Å²) < 4.78 is 2.03. The van der Waals surface area contributed by atoms with Gasteiger partial charge in [-0.25, -0.2) is 0 Å². The van der Waals surface area contributed by atoms with Crippen molar-refractivity contribution in [2.45, 2.75) is 12.8 Å². The Labute approximate surface area is 107 Å². The molecule has 0 amide bonds. The van der Waals surface area contributed by atoms with Crippen LogP contribution in [0.25, 0.3) is 10.9 Å². The zero-order valence-electron chi connectivity index (χ0n) is 10.7. The minimum absolute atomic E-state index is 0.244. The molecular formula is C15H18N2O. The van der Waals surface area contributed by atoms with Gasteiger partial charge in [0, 0.05) is 29.7 Å². The van der Waals surface area contributed by atoms with E-state index in [9.17, 15) is 4.79 Å². The number of carbonyl (C=O) groups excluding carboxylic acids is 1. The van der Waals surface area contributed by atoms with Gasteiger partial charge in [-0.1, -0.05) is 18.2 Å². The number of nitrogens with zero attached hydrogens (tertiary/aromatic N) is 2. The number of rotatable bonds is 3. The molecule has 18 heavy (non-hydrogen) atoms. The molecule has 3 rings (SSSR count). The highest BCUT2D eigenvalue weighted by Crippen LogP contribution is 2.21. The predicted octanol–water partition coefficient (Wildman–Crippen LogP) is 2.46. The van der Waals surface area contributed by atoms with E-state index in [2.05, 4.69) is 11.0 Å². The fourth-order valence-electron chi connectivity index (χ4n) is 2.79. The van der Waals surface area contributed by atoms with E-state index in [-0.39, 0.29) is 5.78 Å². The van der Waals surface area contributed by atoms with Crippen molar-refractivity contribution in [1.82, 2.24) is 9.47 Å². The number of hydrogen-bond donors (Lipinski definition) is 0. The highest BCUT2D eigenvalue weighted by Gasteiger charge is 2.19. The number of ketones is 1. The summed E-state index contributed by atoms with van der Waals surface area (Å²) in [5.74, 6) is 0.244. The minimum atomic E-state index is 0.244. The number of aromatic nitrogens is 1. The molecule has 1 aromatic carbocycles. The summed E-state index contributed by atoms with van der Waals surface area (Å²) in [6.45, 7) is 2.70. The first-order valence-corrected chi connectivity index (χ1v) is 6.55. The van der Waals surface area contributed by atoms with Crippen LogP contribution in [0.3, 0.4) is 0 Å². The standard InChI is InChI=1S/C15H18N2O/c1-16-10-13(12-6-2-3-7-14(12)16)15(18)11-17-8-4-5-9-17/h2-3,6-7,10H,4-5,8-9,11H2,1H3. The molecule has 1 aliphatic rings. The topological polar surface area (TPSA) is 25.2 Å². The van der Waals surface area contributed by atoms with E-state index in [1.54, 1.807) is 0 Å². The Morgan fingerprint density at radius 3 is 2.72 bits per heavy atom. The van der Waals surface area contributed by atoms with Gasteiger partial charge in [0.25, 0.3) is 0 Å². The van der Waals surface area contributed by atoms with Gasteiger partial charge in [-0.15, -0.1) is 0 Å². The predicted molar refractivity (Wildman–Crippen MR) is 72.9 cm³/mol. The lowest BCUT2D eigenvalue weighted by molar-refractivity contribution is 0.0947. The molecule has 0 spiro atoms. The minimum Gasteiger partial charge on any atom is -0.350 e. The molecule has 1 aliphatic heterocycles. The van der Waals surface area contributed by atoms with E-state index in [0.717, 1.165) is 29.6 Å². The number of carbonyl (C=O) groups is 1. The quantitative estimate of drug-likeness (QED) is 0.772. The molecule has 0 unspecified atom stereocenters. The van der Waals surface area contributed by atoms with Crippen molar-refractivity contribution >= 4 is 16.7 Å². The number of Topliss-reactive ketones (excluding diaryl/α,β-unsaturated/α-hetero) is 1. The van der Waals surface area contributed by atoms with Crippen LogP contribution in [0.5, 0.6) is 0 Å². The molecule has 1 saturated heterocycles. The highest BCUT2D eigenvalue weighted by atomic mass is 16.1. The SMILES string of the molecule is Cn1cc(C(=O)CN2CCCC2)c2ccccc21. The Kier molecular flexibility index (Phi) is 2.92. The number of aryl methyl sites for hydroxylation is 1. The third-order valence-corrected chi connectivity index (χ3v) is 3.76. The smallest absolute Gasteiger partial charge is 0.178 e. The summed E-state index contributed by atoms with van der Waals surface area (Å²) >= 11 is 0. The van der Waals surface area contributed by atoms with Crippen molar-refractivity contribution in [3.05, 3.63) is 36.0 Å². The number of fused-ring (bicyclic) bond motifs is 1. The summed E-state index contributed by atoms with van der Waals surface area (Å²) in [5, 5.41) is 1.07. The average Bonchev–Trinajstić information content (AvgIpc) is 2.98. The van der Waals surface area contributed by atoms with Crippen LogP contribution in [0.1, 0.15) is 23.2 Å². The number of likely N-dealkylation sites (tertiary alicyclic amines) is 1. The Bertz CT molecular complexity index is 579. The number of benzene rings is 1. The van der Waals surface area contributed by atoms with Gasteiger partial charge >= 0.3 is 0 Å². The Hall–Kier alpha value is -1.61. The molecule has 0 N–H and O–H groups in total. The normalized spacial score (nSPS) is 16.5. The first kappa shape index (κ1) is 11.5. The molecule has 2 heterocycles. The van der Waals surface area contributed by atoms with E-state index in [0.29, 0.717) is 6.54 Å². The third kappa shape index (κ3) is 1.95. The second-order valence-corrected chi connectivity index (χ2v) is 5.08. The summed E-state index contributed by atoms with van der Waals surface area (Å²) in [4.78, 5) is 14.6. The number of para-hydroxylation sites is 1. The second kappa shape index (κ2) is 4.58. The van der Waals surface area contributed by atoms with Crippen LogP contribution in [-0.2, 0) is 7.05 Å². The van der Waals surface area contributed by atoms with E-state index >= 15 is 0 Å². The van der Waals surface area contributed by atoms with E-state index < -0.39 is 0 Å². The second-order valence-electron chi connectivity index (χ2n) is 5.08. The number of hydrogen-bond acceptors (Lipinski definition) is 2. The fraction of sp³-hybridized carbons (Fsp3) is 0.400. The maximum Gasteiger partial charge on any atom is 0.178 e. The van der Waals surface area contributed by atoms with Gasteiger partial charge in [0.15, 0.2) is 5.78 Å². The maximum atomic E-state index is 12.4. The summed E-state index contributed by atoms with van der Waals surface area (Å²) in [6, 6.07) is 8.10. The van der Waals surface area contributed by atoms with Gasteiger partial charge < -0.3 is 4.57 Å². The molecule has 3 heteroatoms. The van der Waals surface area contributed by atoms with Gasteiger partial charge in [-0.2, -0.15) is 0 Å². The summed E-state index contributed by atoms with van der Waals surface area (Å²) in [5.41, 5.74) is 1.99. The summed E-state index contributed by atoms with van der Waals surface area (Å²) in [6.07, 6.45) is 4.41. The van der Waals surface area contributed by atoms with Gasteiger partial charge in [0.1, 0.15) is 0 Å². The van der Waals surface area contributed by atoms with Crippen molar-refractivity contribution in [2.24, 2.45) is 7.05 Å². The molecule has 0 saturated carbocycles. The molecule has 0 aliphatic carbocycles. The van der Waals surface area contributed by atoms with Crippen LogP contribution in [0, 0.1) is 0 Å². The van der Waals surface area contributed by atoms with Gasteiger partial charge in [-0.3, -0.25) is 9.69 Å². The lowest BCUT2D eigenvalue weighted by Gasteiger charge is -2.12. The lowest BCUT2D eigenvalue weighted by atomic mass is 10.1. The van der Waals surface area contributed by atoms with Crippen LogP contribution in [-0.4, -0.2) is 34.9 Å². The first-order valence-electron chi connectivity index (χ1n) is 6.55. The van der Waals surface area contributed by atoms with Crippen LogP contribution in [0.15, 0.2) is 30.5 Å². The highest BCUT2D eigenvalue weighted by molar-refractivity contribution is 6.09. The molecule has 94 valence electrons. The van der Waals surface area contributed by atoms with Crippen LogP contribution >= 0.6 is 0 Å². The molecule has 1 fully saturated rings. The third-order valence-electron chi connectivity index (χ3n) is 3.76. The molecule has 0 radical (unpaired) electrons. The molecule has 3 nitrogen and oxygen atoms in total. The zero-order chi connectivity index (χ0) is 12.5. The van der Waals surface area contributed by atoms with Crippen molar-refractivity contribution < 1.29 is 4.79 Å². The largest absolute Gasteiger partial charge is 0.350 e. The molecule has 0 bridgehead atoms.